The van der Waals surface area contributed by atoms with E-state index < -0.39 is 46.9 Å². The van der Waals surface area contributed by atoms with Gasteiger partial charge in [0.25, 0.3) is 5.91 Å². The molecule has 1 unspecified atom stereocenters. The molecule has 3 aromatic rings. The molecule has 6 nitrogen and oxygen atoms in total. The smallest absolute Gasteiger partial charge is 0.379 e. The minimum Gasteiger partial charge on any atom is -0.379 e. The predicted octanol–water partition coefficient (Wildman–Crippen LogP) is 5.96. The zero-order chi connectivity index (χ0) is 31.9. The molecule has 2 amide bonds. The van der Waals surface area contributed by atoms with Crippen molar-refractivity contribution in [3.63, 3.8) is 0 Å². The van der Waals surface area contributed by atoms with Crippen LogP contribution in [0.25, 0.3) is 10.8 Å². The van der Waals surface area contributed by atoms with Gasteiger partial charge >= 0.3 is 12.4 Å². The molecule has 236 valence electrons. The van der Waals surface area contributed by atoms with Crippen LogP contribution in [-0.2, 0) is 28.3 Å². The Morgan fingerprint density at radius 2 is 1.57 bits per heavy atom. The van der Waals surface area contributed by atoms with Crippen LogP contribution >= 0.6 is 0 Å². The Bertz CT molecular complexity index is 1450. The van der Waals surface area contributed by atoms with Crippen LogP contribution in [0, 0.1) is 0 Å². The van der Waals surface area contributed by atoms with Crippen molar-refractivity contribution in [1.29, 1.82) is 0 Å². The maximum atomic E-state index is 13.5. The molecule has 0 bridgehead atoms. The van der Waals surface area contributed by atoms with E-state index in [9.17, 15) is 35.9 Å². The van der Waals surface area contributed by atoms with Crippen molar-refractivity contribution >= 4 is 22.6 Å². The number of carbonyl (C=O) groups is 2. The number of benzene rings is 3. The van der Waals surface area contributed by atoms with Crippen LogP contribution in [0.3, 0.4) is 0 Å². The molecule has 4 rings (SSSR count). The van der Waals surface area contributed by atoms with Crippen molar-refractivity contribution in [2.45, 2.75) is 31.2 Å². The number of ether oxygens (including phenoxy) is 1. The Labute approximate surface area is 251 Å². The molecular formula is C32H33F6N3O3. The Morgan fingerprint density at radius 1 is 0.932 bits per heavy atom. The van der Waals surface area contributed by atoms with E-state index in [1.807, 2.05) is 42.5 Å². The van der Waals surface area contributed by atoms with Gasteiger partial charge in [0.2, 0.25) is 5.91 Å². The van der Waals surface area contributed by atoms with Gasteiger partial charge in [0, 0.05) is 38.3 Å². The molecule has 1 aliphatic rings. The number of hydrogen-bond acceptors (Lipinski definition) is 4. The summed E-state index contributed by atoms with van der Waals surface area (Å²) >= 11 is 0. The largest absolute Gasteiger partial charge is 0.416 e. The van der Waals surface area contributed by atoms with Gasteiger partial charge in [-0.05, 0) is 53.9 Å². The lowest BCUT2D eigenvalue weighted by Gasteiger charge is -2.27. The van der Waals surface area contributed by atoms with Crippen LogP contribution < -0.4 is 5.32 Å². The number of rotatable bonds is 10. The summed E-state index contributed by atoms with van der Waals surface area (Å²) in [5.74, 6) is -1.49. The highest BCUT2D eigenvalue weighted by Crippen LogP contribution is 2.36. The van der Waals surface area contributed by atoms with Crippen molar-refractivity contribution in [2.75, 3.05) is 46.4 Å². The van der Waals surface area contributed by atoms with Crippen molar-refractivity contribution in [3.8, 4) is 0 Å². The topological polar surface area (TPSA) is 61.9 Å². The number of likely N-dealkylation sites (N-methyl/N-ethyl adjacent to an activating group) is 1. The summed E-state index contributed by atoms with van der Waals surface area (Å²) in [6.45, 7) is 4.15. The normalized spacial score (nSPS) is 15.4. The summed E-state index contributed by atoms with van der Waals surface area (Å²) in [6.07, 6.45) is -6.67. The number of amides is 2. The third kappa shape index (κ3) is 9.06. The van der Waals surface area contributed by atoms with E-state index in [1.54, 1.807) is 0 Å². The lowest BCUT2D eigenvalue weighted by atomic mass is 9.99. The molecule has 0 spiro atoms. The van der Waals surface area contributed by atoms with Gasteiger partial charge in [-0.1, -0.05) is 48.5 Å². The molecular weight excluding hydrogens is 588 g/mol. The predicted molar refractivity (Wildman–Crippen MR) is 154 cm³/mol. The van der Waals surface area contributed by atoms with Gasteiger partial charge in [-0.3, -0.25) is 14.5 Å². The van der Waals surface area contributed by atoms with Crippen LogP contribution in [-0.4, -0.2) is 74.1 Å². The second-order valence-electron chi connectivity index (χ2n) is 10.6. The number of hydrogen-bond donors (Lipinski definition) is 1. The molecule has 1 atom stereocenters. The SMILES string of the molecule is CN(C(=O)c1cc(C(F)(F)F)cc(C(F)(F)F)c1)C(C=CC(=O)NCCCN1CCOCC1)Cc1ccc2ccccc2c1. The Morgan fingerprint density at radius 3 is 2.20 bits per heavy atom. The highest BCUT2D eigenvalue weighted by Gasteiger charge is 2.38. The van der Waals surface area contributed by atoms with E-state index in [0.29, 0.717) is 38.3 Å². The van der Waals surface area contributed by atoms with Crippen LogP contribution in [0.15, 0.2) is 72.8 Å². The maximum Gasteiger partial charge on any atom is 0.416 e. The van der Waals surface area contributed by atoms with Crippen molar-refractivity contribution in [2.24, 2.45) is 0 Å². The van der Waals surface area contributed by atoms with E-state index in [4.69, 9.17) is 4.74 Å². The maximum absolute atomic E-state index is 13.5. The fourth-order valence-electron chi connectivity index (χ4n) is 4.97. The standard InChI is InChI=1S/C32H33F6N3O3/c1-40(30(43)25-19-26(31(33,34)35)21-27(20-25)32(36,37)38)28(18-22-7-8-23-5-2-3-6-24(23)17-22)9-10-29(42)39-11-4-12-41-13-15-44-16-14-41/h2-3,5-10,17,19-21,28H,4,11-16,18H2,1H3,(H,39,42). The van der Waals surface area contributed by atoms with Crippen molar-refractivity contribution in [1.82, 2.24) is 15.1 Å². The van der Waals surface area contributed by atoms with E-state index in [-0.39, 0.29) is 12.5 Å². The highest BCUT2D eigenvalue weighted by molar-refractivity contribution is 5.95. The Balaban J connectivity index is 1.55. The summed E-state index contributed by atoms with van der Waals surface area (Å²) in [5.41, 5.74) is -3.17. The molecule has 1 fully saturated rings. The monoisotopic (exact) mass is 621 g/mol. The van der Waals surface area contributed by atoms with Crippen molar-refractivity contribution < 1.29 is 40.7 Å². The first-order valence-electron chi connectivity index (χ1n) is 14.1. The summed E-state index contributed by atoms with van der Waals surface area (Å²) in [4.78, 5) is 29.3. The number of carbonyl (C=O) groups excluding carboxylic acids is 2. The molecule has 44 heavy (non-hydrogen) atoms. The molecule has 3 aromatic carbocycles. The molecule has 1 saturated heterocycles. The Kier molecular flexibility index (Phi) is 10.7. The third-order valence-corrected chi connectivity index (χ3v) is 7.43. The third-order valence-electron chi connectivity index (χ3n) is 7.43. The number of nitrogens with one attached hydrogen (secondary N) is 1. The lowest BCUT2D eigenvalue weighted by Crippen LogP contribution is -2.38. The average molecular weight is 622 g/mol. The molecule has 1 aliphatic heterocycles. The van der Waals surface area contributed by atoms with Gasteiger partial charge in [-0.15, -0.1) is 0 Å². The molecule has 0 saturated carbocycles. The minimum absolute atomic E-state index is 0.0212. The number of alkyl halides is 6. The molecule has 0 aromatic heterocycles. The minimum atomic E-state index is -5.10. The number of morpholine rings is 1. The van der Waals surface area contributed by atoms with Gasteiger partial charge in [-0.25, -0.2) is 0 Å². The van der Waals surface area contributed by atoms with Gasteiger partial charge in [0.15, 0.2) is 0 Å². The van der Waals surface area contributed by atoms with Crippen molar-refractivity contribution in [3.05, 3.63) is 95.1 Å². The van der Waals surface area contributed by atoms with E-state index in [0.717, 1.165) is 40.9 Å². The highest BCUT2D eigenvalue weighted by atomic mass is 19.4. The fourth-order valence-corrected chi connectivity index (χ4v) is 4.97. The summed E-state index contributed by atoms with van der Waals surface area (Å²) in [7, 11) is 1.28. The quantitative estimate of drug-likeness (QED) is 0.173. The van der Waals surface area contributed by atoms with Gasteiger partial charge in [0.05, 0.1) is 30.4 Å². The summed E-state index contributed by atoms with van der Waals surface area (Å²) < 4.78 is 86.1. The molecule has 0 aliphatic carbocycles. The first-order chi connectivity index (χ1) is 20.8. The second-order valence-corrected chi connectivity index (χ2v) is 10.6. The zero-order valence-corrected chi connectivity index (χ0v) is 24.0. The molecule has 1 N–H and O–H groups in total. The Hall–Kier alpha value is -3.90. The summed E-state index contributed by atoms with van der Waals surface area (Å²) in [5, 5.41) is 4.65. The first-order valence-corrected chi connectivity index (χ1v) is 14.1. The molecule has 0 radical (unpaired) electrons. The lowest BCUT2D eigenvalue weighted by molar-refractivity contribution is -0.143. The molecule has 12 heteroatoms. The molecule has 1 heterocycles. The van der Waals surface area contributed by atoms with Gasteiger partial charge in [0.1, 0.15) is 0 Å². The number of halogens is 6. The zero-order valence-electron chi connectivity index (χ0n) is 24.0. The van der Waals surface area contributed by atoms with Gasteiger partial charge < -0.3 is 15.0 Å². The number of nitrogens with zero attached hydrogens (tertiary/aromatic N) is 2. The van der Waals surface area contributed by atoms with Crippen LogP contribution in [0.5, 0.6) is 0 Å². The first kappa shape index (κ1) is 33.0. The van der Waals surface area contributed by atoms with Crippen LogP contribution in [0.4, 0.5) is 26.3 Å². The van der Waals surface area contributed by atoms with E-state index >= 15 is 0 Å². The van der Waals surface area contributed by atoms with Crippen LogP contribution in [0.1, 0.15) is 33.5 Å². The number of fused-ring (bicyclic) bond motifs is 1. The van der Waals surface area contributed by atoms with E-state index in [1.165, 1.54) is 19.2 Å². The second kappa shape index (κ2) is 14.3. The summed E-state index contributed by atoms with van der Waals surface area (Å²) in [6, 6.07) is 13.0. The average Bonchev–Trinajstić information content (AvgIpc) is 3.00. The van der Waals surface area contributed by atoms with Crippen LogP contribution in [0.2, 0.25) is 0 Å². The fraction of sp³-hybridized carbons (Fsp3) is 0.375. The van der Waals surface area contributed by atoms with Gasteiger partial charge in [-0.2, -0.15) is 26.3 Å². The van der Waals surface area contributed by atoms with E-state index in [2.05, 4.69) is 10.2 Å².